The molecule has 0 saturated carbocycles. The molecule has 1 heterocycles. The topological polar surface area (TPSA) is 70.1 Å². The Bertz CT molecular complexity index is 665. The zero-order chi connectivity index (χ0) is 15.6. The summed E-state index contributed by atoms with van der Waals surface area (Å²) in [5.41, 5.74) is 7.35. The number of benzene rings is 1. The fourth-order valence-electron chi connectivity index (χ4n) is 1.95. The number of carbonyl (C=O) groups is 1. The highest BCUT2D eigenvalue weighted by molar-refractivity contribution is 9.10. The lowest BCUT2D eigenvalue weighted by Gasteiger charge is -2.08. The predicted molar refractivity (Wildman–Crippen MR) is 80.3 cm³/mol. The molecule has 0 bridgehead atoms. The van der Waals surface area contributed by atoms with Gasteiger partial charge in [-0.25, -0.2) is 9.18 Å². The van der Waals surface area contributed by atoms with Gasteiger partial charge in [-0.3, -0.25) is 4.68 Å². The molecule has 0 aliphatic rings. The summed E-state index contributed by atoms with van der Waals surface area (Å²) in [5, 5.41) is 4.31. The van der Waals surface area contributed by atoms with E-state index in [4.69, 9.17) is 10.5 Å². The summed E-state index contributed by atoms with van der Waals surface area (Å²) in [6, 6.07) is 3.61. The highest BCUT2D eigenvalue weighted by Gasteiger charge is 2.15. The van der Waals surface area contributed by atoms with Gasteiger partial charge in [-0.15, -0.1) is 0 Å². The van der Waals surface area contributed by atoms with E-state index in [1.807, 2.05) is 13.8 Å². The molecule has 0 unspecified atom stereocenters. The van der Waals surface area contributed by atoms with Crippen molar-refractivity contribution in [2.45, 2.75) is 27.0 Å². The Kier molecular flexibility index (Phi) is 4.62. The molecule has 0 spiro atoms. The van der Waals surface area contributed by atoms with Gasteiger partial charge in [0.1, 0.15) is 12.4 Å². The van der Waals surface area contributed by atoms with Crippen molar-refractivity contribution >= 4 is 27.6 Å². The molecule has 2 N–H and O–H groups in total. The van der Waals surface area contributed by atoms with E-state index in [2.05, 4.69) is 21.0 Å². The molecule has 2 aromatic rings. The summed E-state index contributed by atoms with van der Waals surface area (Å²) in [7, 11) is 0. The van der Waals surface area contributed by atoms with Gasteiger partial charge >= 0.3 is 5.97 Å². The van der Waals surface area contributed by atoms with Crippen molar-refractivity contribution in [2.24, 2.45) is 0 Å². The molecular weight excluding hydrogens is 341 g/mol. The minimum absolute atomic E-state index is 0.0461. The predicted octanol–water partition coefficient (Wildman–Crippen LogP) is 3.05. The summed E-state index contributed by atoms with van der Waals surface area (Å²) in [6.45, 7) is 4.50. The Morgan fingerprint density at radius 1 is 1.48 bits per heavy atom. The van der Waals surface area contributed by atoms with Crippen molar-refractivity contribution in [3.05, 3.63) is 45.4 Å². The summed E-state index contributed by atoms with van der Waals surface area (Å²) in [6.07, 6.45) is 0. The monoisotopic (exact) mass is 355 g/mol. The van der Waals surface area contributed by atoms with Gasteiger partial charge in [0.15, 0.2) is 0 Å². The van der Waals surface area contributed by atoms with E-state index in [0.717, 1.165) is 28.0 Å². The molecule has 7 heteroatoms. The number of hydrogen-bond acceptors (Lipinski definition) is 4. The van der Waals surface area contributed by atoms with E-state index in [-0.39, 0.29) is 17.9 Å². The van der Waals surface area contributed by atoms with Crippen LogP contribution in [-0.4, -0.2) is 15.7 Å². The second-order valence-corrected chi connectivity index (χ2v) is 5.30. The minimum atomic E-state index is -0.630. The largest absolute Gasteiger partial charge is 0.456 e. The molecule has 0 aliphatic carbocycles. The van der Waals surface area contributed by atoms with Crippen LogP contribution in [-0.2, 0) is 17.9 Å². The zero-order valence-corrected chi connectivity index (χ0v) is 13.3. The van der Waals surface area contributed by atoms with Crippen LogP contribution >= 0.6 is 15.9 Å². The van der Waals surface area contributed by atoms with Crippen LogP contribution in [0.15, 0.2) is 22.7 Å². The summed E-state index contributed by atoms with van der Waals surface area (Å²) < 4.78 is 21.0. The van der Waals surface area contributed by atoms with Crippen LogP contribution in [0.25, 0.3) is 0 Å². The molecule has 112 valence electrons. The second kappa shape index (κ2) is 6.26. The fraction of sp³-hybridized carbons (Fsp3) is 0.286. The molecular formula is C14H15BrFN3O2. The average molecular weight is 356 g/mol. The molecule has 21 heavy (non-hydrogen) atoms. The number of rotatable bonds is 4. The molecule has 1 aromatic carbocycles. The Morgan fingerprint density at radius 3 is 2.81 bits per heavy atom. The van der Waals surface area contributed by atoms with Crippen LogP contribution in [0.3, 0.4) is 0 Å². The molecule has 0 radical (unpaired) electrons. The first kappa shape index (κ1) is 15.5. The first-order valence-electron chi connectivity index (χ1n) is 6.37. The van der Waals surface area contributed by atoms with Gasteiger partial charge in [-0.2, -0.15) is 5.10 Å². The van der Waals surface area contributed by atoms with Gasteiger partial charge in [-0.05, 0) is 48.0 Å². The molecule has 0 fully saturated rings. The molecule has 5 nitrogen and oxygen atoms in total. The smallest absolute Gasteiger partial charge is 0.338 e. The lowest BCUT2D eigenvalue weighted by molar-refractivity contribution is 0.0461. The first-order valence-corrected chi connectivity index (χ1v) is 7.16. The molecule has 0 amide bonds. The number of aryl methyl sites for hydroxylation is 2. The number of hydrogen-bond donors (Lipinski definition) is 1. The Balaban J connectivity index is 2.14. The third-order valence-corrected chi connectivity index (χ3v) is 3.98. The van der Waals surface area contributed by atoms with Gasteiger partial charge in [-0.1, -0.05) is 0 Å². The van der Waals surface area contributed by atoms with E-state index < -0.39 is 11.8 Å². The van der Waals surface area contributed by atoms with Crippen LogP contribution < -0.4 is 5.73 Å². The third-order valence-electron chi connectivity index (χ3n) is 2.95. The maximum atomic E-state index is 13.2. The van der Waals surface area contributed by atoms with Crippen molar-refractivity contribution in [2.75, 3.05) is 5.73 Å². The normalized spacial score (nSPS) is 10.7. The van der Waals surface area contributed by atoms with Crippen molar-refractivity contribution in [1.82, 2.24) is 9.78 Å². The maximum Gasteiger partial charge on any atom is 0.338 e. The van der Waals surface area contributed by atoms with E-state index in [1.54, 1.807) is 4.68 Å². The van der Waals surface area contributed by atoms with E-state index in [0.29, 0.717) is 6.54 Å². The number of ether oxygens (including phenoxy) is 1. The minimum Gasteiger partial charge on any atom is -0.456 e. The van der Waals surface area contributed by atoms with Gasteiger partial charge in [0, 0.05) is 12.2 Å². The highest BCUT2D eigenvalue weighted by Crippen LogP contribution is 2.22. The quantitative estimate of drug-likeness (QED) is 0.675. The Hall–Kier alpha value is -1.89. The van der Waals surface area contributed by atoms with Gasteiger partial charge in [0.05, 0.1) is 21.4 Å². The van der Waals surface area contributed by atoms with Crippen LogP contribution in [0.5, 0.6) is 0 Å². The molecule has 0 saturated heterocycles. The van der Waals surface area contributed by atoms with Crippen molar-refractivity contribution < 1.29 is 13.9 Å². The first-order chi connectivity index (χ1) is 9.92. The van der Waals surface area contributed by atoms with Crippen molar-refractivity contribution in [3.8, 4) is 0 Å². The molecule has 2 rings (SSSR count). The standard InChI is InChI=1S/C14H15BrFN3O2/c1-3-19-12(13(15)8(2)18-19)7-21-14(20)9-4-10(16)6-11(17)5-9/h4-6H,3,7,17H2,1-2H3. The second-order valence-electron chi connectivity index (χ2n) is 4.51. The number of halogens is 2. The van der Waals surface area contributed by atoms with E-state index in [1.165, 1.54) is 6.07 Å². The Morgan fingerprint density at radius 2 is 2.19 bits per heavy atom. The number of anilines is 1. The van der Waals surface area contributed by atoms with E-state index >= 15 is 0 Å². The number of nitrogens with zero attached hydrogens (tertiary/aromatic N) is 2. The lowest BCUT2D eigenvalue weighted by atomic mass is 10.2. The number of esters is 1. The van der Waals surface area contributed by atoms with E-state index in [9.17, 15) is 9.18 Å². The van der Waals surface area contributed by atoms with Gasteiger partial charge in [0.25, 0.3) is 0 Å². The Labute approximate surface area is 130 Å². The molecule has 0 aliphatic heterocycles. The number of nitrogens with two attached hydrogens (primary N) is 1. The summed E-state index contributed by atoms with van der Waals surface area (Å²) >= 11 is 3.42. The number of nitrogen functional groups attached to an aromatic ring is 1. The number of aromatic nitrogens is 2. The molecule has 0 atom stereocenters. The summed E-state index contributed by atoms with van der Waals surface area (Å²) in [4.78, 5) is 12.0. The van der Waals surface area contributed by atoms with Crippen LogP contribution in [0.4, 0.5) is 10.1 Å². The SMILES string of the molecule is CCn1nc(C)c(Br)c1COC(=O)c1cc(N)cc(F)c1. The maximum absolute atomic E-state index is 13.2. The van der Waals surface area contributed by atoms with Crippen molar-refractivity contribution in [1.29, 1.82) is 0 Å². The molecule has 1 aromatic heterocycles. The average Bonchev–Trinajstić information content (AvgIpc) is 2.70. The summed E-state index contributed by atoms with van der Waals surface area (Å²) in [5.74, 6) is -1.20. The number of carbonyl (C=O) groups excluding carboxylic acids is 1. The fourth-order valence-corrected chi connectivity index (χ4v) is 2.35. The van der Waals surface area contributed by atoms with Crippen LogP contribution in [0, 0.1) is 12.7 Å². The zero-order valence-electron chi connectivity index (χ0n) is 11.7. The van der Waals surface area contributed by atoms with Crippen LogP contribution in [0.1, 0.15) is 28.7 Å². The van der Waals surface area contributed by atoms with Crippen molar-refractivity contribution in [3.63, 3.8) is 0 Å². The van der Waals surface area contributed by atoms with Gasteiger partial charge in [0.2, 0.25) is 0 Å². The lowest BCUT2D eigenvalue weighted by Crippen LogP contribution is -2.10. The third kappa shape index (κ3) is 3.41. The van der Waals surface area contributed by atoms with Gasteiger partial charge < -0.3 is 10.5 Å². The highest BCUT2D eigenvalue weighted by atomic mass is 79.9. The van der Waals surface area contributed by atoms with Crippen LogP contribution in [0.2, 0.25) is 0 Å².